The van der Waals surface area contributed by atoms with E-state index in [-0.39, 0.29) is 17.4 Å². The Morgan fingerprint density at radius 3 is 2.67 bits per heavy atom. The van der Waals surface area contributed by atoms with Crippen LogP contribution in [0, 0.1) is 18.8 Å². The van der Waals surface area contributed by atoms with Gasteiger partial charge in [0.05, 0.1) is 10.8 Å². The van der Waals surface area contributed by atoms with Gasteiger partial charge in [0.25, 0.3) is 0 Å². The number of hydrogen-bond donors (Lipinski definition) is 1. The Morgan fingerprint density at radius 1 is 1.38 bits per heavy atom. The highest BCUT2D eigenvalue weighted by Crippen LogP contribution is 2.31. The first-order valence-corrected chi connectivity index (χ1v) is 8.95. The maximum absolute atomic E-state index is 12.8. The standard InChI is InChI=1S/C14H18BrNO4S/c1-9-6-11(14(17)18)8-16(7-9)21(19,20)12-5-3-4-10(2)13(12)15/h3-5,9,11H,6-8H2,1-2H3,(H,17,18). The third-order valence-electron chi connectivity index (χ3n) is 3.75. The number of piperidine rings is 1. The molecule has 1 aliphatic rings. The fourth-order valence-corrected chi connectivity index (χ4v) is 5.26. The van der Waals surface area contributed by atoms with Gasteiger partial charge in [-0.1, -0.05) is 19.1 Å². The predicted octanol–water partition coefficient (Wildman–Crippen LogP) is 2.49. The number of sulfonamides is 1. The number of rotatable bonds is 3. The third-order valence-corrected chi connectivity index (χ3v) is 6.94. The van der Waals surface area contributed by atoms with Crippen LogP contribution in [0.5, 0.6) is 0 Å². The maximum atomic E-state index is 12.8. The van der Waals surface area contributed by atoms with Gasteiger partial charge in [-0.15, -0.1) is 0 Å². The van der Waals surface area contributed by atoms with E-state index in [1.165, 1.54) is 4.31 Å². The van der Waals surface area contributed by atoms with Gasteiger partial charge in [-0.05, 0) is 46.8 Å². The summed E-state index contributed by atoms with van der Waals surface area (Å²) >= 11 is 3.32. The van der Waals surface area contributed by atoms with Crippen molar-refractivity contribution in [2.24, 2.45) is 11.8 Å². The van der Waals surface area contributed by atoms with Crippen molar-refractivity contribution >= 4 is 31.9 Å². The largest absolute Gasteiger partial charge is 0.481 e. The Labute approximate surface area is 133 Å². The molecule has 2 rings (SSSR count). The number of nitrogens with zero attached hydrogens (tertiary/aromatic N) is 1. The Kier molecular flexibility index (Phi) is 4.75. The SMILES string of the molecule is Cc1cccc(S(=O)(=O)N2CC(C)CC(C(=O)O)C2)c1Br. The molecule has 1 N–H and O–H groups in total. The molecular formula is C14H18BrNO4S. The Bertz CT molecular complexity index is 659. The summed E-state index contributed by atoms with van der Waals surface area (Å²) < 4.78 is 27.4. The number of benzene rings is 1. The average Bonchev–Trinajstić information content (AvgIpc) is 2.40. The smallest absolute Gasteiger partial charge is 0.307 e. The molecule has 5 nitrogen and oxygen atoms in total. The van der Waals surface area contributed by atoms with Crippen LogP contribution in [0.3, 0.4) is 0 Å². The van der Waals surface area contributed by atoms with E-state index in [1.807, 2.05) is 19.9 Å². The summed E-state index contributed by atoms with van der Waals surface area (Å²) in [6.45, 7) is 4.08. The van der Waals surface area contributed by atoms with Gasteiger partial charge < -0.3 is 5.11 Å². The zero-order chi connectivity index (χ0) is 15.8. The molecule has 2 unspecified atom stereocenters. The first-order valence-electron chi connectivity index (χ1n) is 6.71. The first kappa shape index (κ1) is 16.5. The normalized spacial score (nSPS) is 24.0. The highest BCUT2D eigenvalue weighted by molar-refractivity contribution is 9.10. The lowest BCUT2D eigenvalue weighted by atomic mass is 9.92. The molecule has 21 heavy (non-hydrogen) atoms. The molecule has 1 aliphatic heterocycles. The van der Waals surface area contributed by atoms with Gasteiger partial charge in [0.15, 0.2) is 0 Å². The molecular weight excluding hydrogens is 358 g/mol. The molecule has 116 valence electrons. The van der Waals surface area contributed by atoms with Gasteiger partial charge in [-0.3, -0.25) is 4.79 Å². The molecule has 7 heteroatoms. The number of carbonyl (C=O) groups is 1. The monoisotopic (exact) mass is 375 g/mol. The molecule has 0 radical (unpaired) electrons. The molecule has 0 bridgehead atoms. The van der Waals surface area contributed by atoms with Crippen molar-refractivity contribution in [1.82, 2.24) is 4.31 Å². The number of hydrogen-bond acceptors (Lipinski definition) is 3. The van der Waals surface area contributed by atoms with Gasteiger partial charge in [0, 0.05) is 17.6 Å². The fourth-order valence-electron chi connectivity index (χ4n) is 2.64. The van der Waals surface area contributed by atoms with Crippen molar-refractivity contribution in [2.75, 3.05) is 13.1 Å². The zero-order valence-electron chi connectivity index (χ0n) is 11.9. The van der Waals surface area contributed by atoms with Gasteiger partial charge >= 0.3 is 5.97 Å². The summed E-state index contributed by atoms with van der Waals surface area (Å²) in [6, 6.07) is 5.05. The Balaban J connectivity index is 2.39. The van der Waals surface area contributed by atoms with E-state index in [1.54, 1.807) is 12.1 Å². The van der Waals surface area contributed by atoms with Crippen LogP contribution in [0.2, 0.25) is 0 Å². The van der Waals surface area contributed by atoms with Crippen molar-refractivity contribution in [1.29, 1.82) is 0 Å². The number of aryl methyl sites for hydroxylation is 1. The number of aliphatic carboxylic acids is 1. The van der Waals surface area contributed by atoms with Crippen LogP contribution in [-0.4, -0.2) is 36.9 Å². The van der Waals surface area contributed by atoms with Crippen LogP contribution in [0.25, 0.3) is 0 Å². The molecule has 0 amide bonds. The van der Waals surface area contributed by atoms with Crippen molar-refractivity contribution in [3.8, 4) is 0 Å². The Morgan fingerprint density at radius 2 is 2.05 bits per heavy atom. The third kappa shape index (κ3) is 3.30. The van der Waals surface area contributed by atoms with Crippen LogP contribution in [0.1, 0.15) is 18.9 Å². The summed E-state index contributed by atoms with van der Waals surface area (Å²) in [5.74, 6) is -1.56. The van der Waals surface area contributed by atoms with E-state index >= 15 is 0 Å². The summed E-state index contributed by atoms with van der Waals surface area (Å²) in [5, 5.41) is 9.18. The second-order valence-corrected chi connectivity index (χ2v) is 8.28. The van der Waals surface area contributed by atoms with E-state index in [4.69, 9.17) is 0 Å². The minimum atomic E-state index is -3.69. The summed E-state index contributed by atoms with van der Waals surface area (Å²) in [7, 11) is -3.69. The van der Waals surface area contributed by atoms with Crippen molar-refractivity contribution in [3.05, 3.63) is 28.2 Å². The van der Waals surface area contributed by atoms with E-state index in [9.17, 15) is 18.3 Å². The topological polar surface area (TPSA) is 74.7 Å². The highest BCUT2D eigenvalue weighted by atomic mass is 79.9. The molecule has 1 aromatic rings. The zero-order valence-corrected chi connectivity index (χ0v) is 14.3. The van der Waals surface area contributed by atoms with Gasteiger partial charge in [-0.25, -0.2) is 8.42 Å². The summed E-state index contributed by atoms with van der Waals surface area (Å²) in [6.07, 6.45) is 0.510. The lowest BCUT2D eigenvalue weighted by molar-refractivity contribution is -0.143. The van der Waals surface area contributed by atoms with E-state index in [2.05, 4.69) is 15.9 Å². The molecule has 0 saturated carbocycles. The van der Waals surface area contributed by atoms with E-state index < -0.39 is 21.9 Å². The van der Waals surface area contributed by atoms with Crippen LogP contribution in [0.15, 0.2) is 27.6 Å². The minimum Gasteiger partial charge on any atom is -0.481 e. The first-order chi connectivity index (χ1) is 9.73. The fraction of sp³-hybridized carbons (Fsp3) is 0.500. The quantitative estimate of drug-likeness (QED) is 0.880. The number of carboxylic acid groups (broad SMARTS) is 1. The molecule has 1 heterocycles. The second-order valence-electron chi connectivity index (χ2n) is 5.59. The average molecular weight is 376 g/mol. The molecule has 0 spiro atoms. The highest BCUT2D eigenvalue weighted by Gasteiger charge is 2.37. The van der Waals surface area contributed by atoms with Crippen LogP contribution in [-0.2, 0) is 14.8 Å². The van der Waals surface area contributed by atoms with Crippen molar-refractivity contribution < 1.29 is 18.3 Å². The lowest BCUT2D eigenvalue weighted by Gasteiger charge is -2.34. The second kappa shape index (κ2) is 6.06. The molecule has 1 saturated heterocycles. The lowest BCUT2D eigenvalue weighted by Crippen LogP contribution is -2.45. The summed E-state index contributed by atoms with van der Waals surface area (Å²) in [5.41, 5.74) is 0.830. The predicted molar refractivity (Wildman–Crippen MR) is 82.5 cm³/mol. The van der Waals surface area contributed by atoms with Gasteiger partial charge in [0.2, 0.25) is 10.0 Å². The van der Waals surface area contributed by atoms with Crippen molar-refractivity contribution in [2.45, 2.75) is 25.2 Å². The molecule has 0 aliphatic carbocycles. The number of carboxylic acids is 1. The molecule has 1 fully saturated rings. The van der Waals surface area contributed by atoms with Crippen LogP contribution >= 0.6 is 15.9 Å². The van der Waals surface area contributed by atoms with E-state index in [0.717, 1.165) is 5.56 Å². The van der Waals surface area contributed by atoms with Crippen LogP contribution < -0.4 is 0 Å². The number of halogens is 1. The summed E-state index contributed by atoms with van der Waals surface area (Å²) in [4.78, 5) is 11.4. The molecule has 2 atom stereocenters. The van der Waals surface area contributed by atoms with Crippen molar-refractivity contribution in [3.63, 3.8) is 0 Å². The maximum Gasteiger partial charge on any atom is 0.307 e. The Hall–Kier alpha value is -0.920. The molecule has 0 aromatic heterocycles. The van der Waals surface area contributed by atoms with Gasteiger partial charge in [0.1, 0.15) is 0 Å². The van der Waals surface area contributed by atoms with E-state index in [0.29, 0.717) is 17.4 Å². The molecule has 1 aromatic carbocycles. The van der Waals surface area contributed by atoms with Crippen LogP contribution in [0.4, 0.5) is 0 Å². The minimum absolute atomic E-state index is 0.0261. The van der Waals surface area contributed by atoms with Gasteiger partial charge in [-0.2, -0.15) is 4.31 Å².